The lowest BCUT2D eigenvalue weighted by atomic mass is 9.68. The zero-order valence-corrected chi connectivity index (χ0v) is 17.1. The first-order chi connectivity index (χ1) is 14.5. The van der Waals surface area contributed by atoms with Gasteiger partial charge in [-0.25, -0.2) is 0 Å². The van der Waals surface area contributed by atoms with Gasteiger partial charge in [0.25, 0.3) is 0 Å². The first kappa shape index (κ1) is 17.6. The Morgan fingerprint density at radius 1 is 0.967 bits per heavy atom. The van der Waals surface area contributed by atoms with Crippen LogP contribution < -0.4 is 14.8 Å². The van der Waals surface area contributed by atoms with Crippen LogP contribution >= 0.6 is 0 Å². The molecule has 3 aromatic rings. The number of carbonyl (C=O) groups is 1. The Hall–Kier alpha value is -3.27. The molecule has 1 aliphatic carbocycles. The molecule has 1 N–H and O–H groups in total. The third-order valence-corrected chi connectivity index (χ3v) is 6.47. The number of carbonyl (C=O) groups excluding carboxylic acids is 1. The summed E-state index contributed by atoms with van der Waals surface area (Å²) < 4.78 is 11.1. The predicted molar refractivity (Wildman–Crippen MR) is 118 cm³/mol. The molecule has 2 heterocycles. The van der Waals surface area contributed by atoms with Crippen molar-refractivity contribution in [1.82, 2.24) is 0 Å². The molecule has 4 heteroatoms. The number of hydrogen-bond donors (Lipinski definition) is 1. The molecule has 0 bridgehead atoms. The molecule has 0 spiro atoms. The second-order valence-electron chi connectivity index (χ2n) is 9.24. The number of rotatable bonds is 1. The predicted octanol–water partition coefficient (Wildman–Crippen LogP) is 5.88. The molecule has 2 aliphatic heterocycles. The van der Waals surface area contributed by atoms with Gasteiger partial charge in [0.05, 0.1) is 6.04 Å². The smallest absolute Gasteiger partial charge is 0.231 e. The van der Waals surface area contributed by atoms with Gasteiger partial charge in [-0.2, -0.15) is 0 Å². The SMILES string of the molecule is CC1(C)CC(=O)C2=C(C1)[C@H](c1ccc3c(c1)OCO3)Nc1ccc3ccccc3c12. The minimum absolute atomic E-state index is 0.0612. The van der Waals surface area contributed by atoms with E-state index in [2.05, 4.69) is 49.5 Å². The molecule has 4 nitrogen and oxygen atoms in total. The summed E-state index contributed by atoms with van der Waals surface area (Å²) in [7, 11) is 0. The van der Waals surface area contributed by atoms with E-state index in [0.717, 1.165) is 51.1 Å². The van der Waals surface area contributed by atoms with E-state index in [9.17, 15) is 4.79 Å². The fourth-order valence-electron chi connectivity index (χ4n) is 5.20. The van der Waals surface area contributed by atoms with Gasteiger partial charge in [-0.15, -0.1) is 0 Å². The van der Waals surface area contributed by atoms with Crippen LogP contribution in [0.1, 0.15) is 43.9 Å². The number of benzene rings is 3. The minimum atomic E-state index is -0.0633. The van der Waals surface area contributed by atoms with Crippen molar-refractivity contribution < 1.29 is 14.3 Å². The van der Waals surface area contributed by atoms with Crippen LogP contribution in [0, 0.1) is 5.41 Å². The highest BCUT2D eigenvalue weighted by Crippen LogP contribution is 2.52. The summed E-state index contributed by atoms with van der Waals surface area (Å²) in [5.41, 5.74) is 5.19. The van der Waals surface area contributed by atoms with Gasteiger partial charge in [0, 0.05) is 23.2 Å². The molecule has 0 amide bonds. The normalized spacial score (nSPS) is 21.3. The number of nitrogens with one attached hydrogen (secondary N) is 1. The number of allylic oxidation sites excluding steroid dienone is 1. The van der Waals surface area contributed by atoms with Gasteiger partial charge in [0.1, 0.15) is 0 Å². The number of ether oxygens (including phenoxy) is 2. The fraction of sp³-hybridized carbons (Fsp3) is 0.269. The van der Waals surface area contributed by atoms with E-state index in [-0.39, 0.29) is 24.0 Å². The van der Waals surface area contributed by atoms with Crippen molar-refractivity contribution >= 4 is 27.8 Å². The van der Waals surface area contributed by atoms with Crippen molar-refractivity contribution in [2.24, 2.45) is 5.41 Å². The third-order valence-electron chi connectivity index (χ3n) is 6.47. The van der Waals surface area contributed by atoms with Crippen molar-refractivity contribution in [2.75, 3.05) is 12.1 Å². The second kappa shape index (κ2) is 6.11. The summed E-state index contributed by atoms with van der Waals surface area (Å²) >= 11 is 0. The Kier molecular flexibility index (Phi) is 3.58. The van der Waals surface area contributed by atoms with Gasteiger partial charge < -0.3 is 14.8 Å². The zero-order valence-electron chi connectivity index (χ0n) is 17.1. The second-order valence-corrected chi connectivity index (χ2v) is 9.24. The lowest BCUT2D eigenvalue weighted by molar-refractivity contribution is -0.116. The van der Waals surface area contributed by atoms with Crippen molar-refractivity contribution in [3.8, 4) is 11.5 Å². The molecule has 30 heavy (non-hydrogen) atoms. The molecular formula is C26H23NO3. The fourth-order valence-corrected chi connectivity index (χ4v) is 5.20. The number of anilines is 1. The van der Waals surface area contributed by atoms with Gasteiger partial charge in [-0.3, -0.25) is 4.79 Å². The van der Waals surface area contributed by atoms with Gasteiger partial charge >= 0.3 is 0 Å². The molecular weight excluding hydrogens is 374 g/mol. The highest BCUT2D eigenvalue weighted by molar-refractivity contribution is 6.28. The molecule has 0 saturated carbocycles. The van der Waals surface area contributed by atoms with Crippen molar-refractivity contribution in [2.45, 2.75) is 32.7 Å². The Bertz CT molecular complexity index is 1250. The maximum Gasteiger partial charge on any atom is 0.231 e. The molecule has 0 fully saturated rings. The molecule has 0 aromatic heterocycles. The number of Topliss-reactive ketones (excluding diaryl/α,β-unsaturated/α-hetero) is 1. The lowest BCUT2D eigenvalue weighted by Crippen LogP contribution is -2.32. The van der Waals surface area contributed by atoms with Crippen LogP contribution in [0.2, 0.25) is 0 Å². The van der Waals surface area contributed by atoms with Gasteiger partial charge in [0.15, 0.2) is 17.3 Å². The molecule has 3 aliphatic rings. The van der Waals surface area contributed by atoms with E-state index in [0.29, 0.717) is 6.42 Å². The van der Waals surface area contributed by atoms with Crippen LogP contribution in [0.25, 0.3) is 16.3 Å². The summed E-state index contributed by atoms with van der Waals surface area (Å²) in [5.74, 6) is 1.78. The quantitative estimate of drug-likeness (QED) is 0.557. The molecule has 6 rings (SSSR count). The average molecular weight is 397 g/mol. The van der Waals surface area contributed by atoms with Gasteiger partial charge in [0.2, 0.25) is 6.79 Å². The molecule has 3 aromatic carbocycles. The minimum Gasteiger partial charge on any atom is -0.454 e. The Morgan fingerprint density at radius 2 is 1.80 bits per heavy atom. The van der Waals surface area contributed by atoms with E-state index in [1.165, 1.54) is 5.57 Å². The molecule has 0 unspecified atom stereocenters. The molecule has 0 radical (unpaired) electrons. The molecule has 1 atom stereocenters. The lowest BCUT2D eigenvalue weighted by Gasteiger charge is -2.40. The highest BCUT2D eigenvalue weighted by Gasteiger charge is 2.40. The maximum atomic E-state index is 13.5. The molecule has 0 saturated heterocycles. The zero-order chi connectivity index (χ0) is 20.5. The van der Waals surface area contributed by atoms with Crippen LogP contribution in [-0.2, 0) is 4.79 Å². The van der Waals surface area contributed by atoms with Crippen molar-refractivity contribution in [1.29, 1.82) is 0 Å². The standard InChI is InChI=1S/C26H23NO3/c1-26(2)12-18-24(20(28)13-26)23-17-6-4-3-5-15(17)7-9-19(23)27-25(18)16-8-10-21-22(11-16)30-14-29-21/h3-11,25,27H,12-14H2,1-2H3/t25-/m0/s1. The number of ketones is 1. The van der Waals surface area contributed by atoms with Crippen molar-refractivity contribution in [3.05, 3.63) is 71.3 Å². The van der Waals surface area contributed by atoms with Crippen LogP contribution in [0.4, 0.5) is 5.69 Å². The first-order valence-electron chi connectivity index (χ1n) is 10.4. The maximum absolute atomic E-state index is 13.5. The summed E-state index contributed by atoms with van der Waals surface area (Å²) in [6.45, 7) is 4.62. The first-order valence-corrected chi connectivity index (χ1v) is 10.4. The van der Waals surface area contributed by atoms with Crippen LogP contribution in [0.15, 0.2) is 60.2 Å². The van der Waals surface area contributed by atoms with E-state index in [1.807, 2.05) is 24.3 Å². The summed E-state index contributed by atoms with van der Waals surface area (Å²) in [5, 5.41) is 6.04. The average Bonchev–Trinajstić information content (AvgIpc) is 3.19. The van der Waals surface area contributed by atoms with Gasteiger partial charge in [-0.1, -0.05) is 50.2 Å². The van der Waals surface area contributed by atoms with E-state index >= 15 is 0 Å². The summed E-state index contributed by atoms with van der Waals surface area (Å²) in [6.07, 6.45) is 1.45. The monoisotopic (exact) mass is 397 g/mol. The van der Waals surface area contributed by atoms with E-state index in [1.54, 1.807) is 0 Å². The summed E-state index contributed by atoms with van der Waals surface area (Å²) in [4.78, 5) is 13.5. The number of fused-ring (bicyclic) bond motifs is 5. The van der Waals surface area contributed by atoms with E-state index in [4.69, 9.17) is 9.47 Å². The highest BCUT2D eigenvalue weighted by atomic mass is 16.7. The van der Waals surface area contributed by atoms with E-state index < -0.39 is 0 Å². The van der Waals surface area contributed by atoms with Crippen molar-refractivity contribution in [3.63, 3.8) is 0 Å². The van der Waals surface area contributed by atoms with Crippen LogP contribution in [-0.4, -0.2) is 12.6 Å². The van der Waals surface area contributed by atoms with Crippen LogP contribution in [0.3, 0.4) is 0 Å². The van der Waals surface area contributed by atoms with Crippen LogP contribution in [0.5, 0.6) is 11.5 Å². The molecule has 150 valence electrons. The summed E-state index contributed by atoms with van der Waals surface area (Å²) in [6, 6.07) is 18.6. The topological polar surface area (TPSA) is 47.6 Å². The largest absolute Gasteiger partial charge is 0.454 e. The Balaban J connectivity index is 1.60. The Labute approximate surface area is 175 Å². The van der Waals surface area contributed by atoms with Gasteiger partial charge in [-0.05, 0) is 51.9 Å². The Morgan fingerprint density at radius 3 is 2.70 bits per heavy atom. The third kappa shape index (κ3) is 2.56. The number of hydrogen-bond acceptors (Lipinski definition) is 4.